The van der Waals surface area contributed by atoms with Gasteiger partial charge in [-0.25, -0.2) is 27.0 Å². The van der Waals surface area contributed by atoms with E-state index in [9.17, 15) is 27.9 Å². The van der Waals surface area contributed by atoms with E-state index < -0.39 is 50.8 Å². The van der Waals surface area contributed by atoms with Crippen molar-refractivity contribution in [3.05, 3.63) is 105 Å². The van der Waals surface area contributed by atoms with Gasteiger partial charge in [-0.2, -0.15) is 0 Å². The summed E-state index contributed by atoms with van der Waals surface area (Å²) in [6, 6.07) is 11.7. The van der Waals surface area contributed by atoms with Crippen LogP contribution in [0.1, 0.15) is 46.9 Å². The molecule has 3 aromatic carbocycles. The topological polar surface area (TPSA) is 184 Å². The number of sulfonamides is 1. The zero-order valence-electron chi connectivity index (χ0n) is 28.1. The molecule has 1 unspecified atom stereocenters. The molecular weight excluding hydrogens is 686 g/mol. The average molecular weight is 723 g/mol. The van der Waals surface area contributed by atoms with Crippen LogP contribution in [-0.4, -0.2) is 72.5 Å². The van der Waals surface area contributed by atoms with Crippen LogP contribution in [0, 0.1) is 18.6 Å². The number of aryl methyl sites for hydroxylation is 1. The Morgan fingerprint density at radius 1 is 1.08 bits per heavy atom. The predicted molar refractivity (Wildman–Crippen MR) is 187 cm³/mol. The molecule has 2 heterocycles. The third-order valence-electron chi connectivity index (χ3n) is 8.23. The van der Waals surface area contributed by atoms with Crippen molar-refractivity contribution in [1.29, 1.82) is 0 Å². The molecular formula is C35H36F2N6O7S. The quantitative estimate of drug-likeness (QED) is 0.160. The molecule has 268 valence electrons. The Kier molecular flexibility index (Phi) is 11.0. The van der Waals surface area contributed by atoms with Crippen molar-refractivity contribution in [3.8, 4) is 11.1 Å². The number of amides is 1. The Morgan fingerprint density at radius 3 is 2.33 bits per heavy atom. The fourth-order valence-corrected chi connectivity index (χ4v) is 6.38. The van der Waals surface area contributed by atoms with E-state index in [1.807, 2.05) is 18.6 Å². The molecule has 51 heavy (non-hydrogen) atoms. The highest BCUT2D eigenvalue weighted by Crippen LogP contribution is 2.25. The van der Waals surface area contributed by atoms with E-state index in [0.29, 0.717) is 46.9 Å². The van der Waals surface area contributed by atoms with E-state index >= 15 is 8.78 Å². The molecule has 0 aliphatic carbocycles. The number of hydrogen-bond donors (Lipinski definition) is 4. The lowest BCUT2D eigenvalue weighted by Crippen LogP contribution is -2.42. The van der Waals surface area contributed by atoms with Gasteiger partial charge >= 0.3 is 5.97 Å². The van der Waals surface area contributed by atoms with Crippen LogP contribution in [0.15, 0.2) is 80.3 Å². The lowest BCUT2D eigenvalue weighted by molar-refractivity contribution is -0.139. The van der Waals surface area contributed by atoms with Gasteiger partial charge in [0.2, 0.25) is 0 Å². The number of aliphatic imine (C=N–C) groups is 2. The maximum atomic E-state index is 15.1. The molecule has 1 amide bonds. The highest BCUT2D eigenvalue weighted by atomic mass is 32.2. The number of carboxylic acids is 1. The van der Waals surface area contributed by atoms with Crippen LogP contribution >= 0.6 is 0 Å². The summed E-state index contributed by atoms with van der Waals surface area (Å²) in [5.41, 5.74) is 1.13. The van der Waals surface area contributed by atoms with Crippen LogP contribution < -0.4 is 15.6 Å². The first-order chi connectivity index (χ1) is 24.1. The van der Waals surface area contributed by atoms with Gasteiger partial charge in [-0.05, 0) is 55.7 Å². The number of aromatic nitrogens is 2. The van der Waals surface area contributed by atoms with E-state index in [0.717, 1.165) is 5.56 Å². The minimum absolute atomic E-state index is 0.0322. The number of aliphatic carboxylic acids is 1. The number of carboxylic acid groups (broad SMARTS) is 1. The van der Waals surface area contributed by atoms with Gasteiger partial charge in [0.15, 0.2) is 0 Å². The molecule has 1 aliphatic heterocycles. The Labute approximate surface area is 292 Å². The van der Waals surface area contributed by atoms with Gasteiger partial charge < -0.3 is 15.2 Å². The van der Waals surface area contributed by atoms with Crippen LogP contribution in [0.2, 0.25) is 0 Å². The smallest absolute Gasteiger partial charge is 0.326 e. The van der Waals surface area contributed by atoms with Crippen molar-refractivity contribution in [2.24, 2.45) is 17.0 Å². The summed E-state index contributed by atoms with van der Waals surface area (Å²) >= 11 is 0. The number of hydrogen-bond acceptors (Lipinski definition) is 8. The largest absolute Gasteiger partial charge is 0.480 e. The first kappa shape index (κ1) is 36.8. The van der Waals surface area contributed by atoms with E-state index in [1.165, 1.54) is 12.1 Å². The van der Waals surface area contributed by atoms with Crippen molar-refractivity contribution in [2.75, 3.05) is 17.9 Å². The molecule has 4 N–H and O–H groups in total. The van der Waals surface area contributed by atoms with Crippen molar-refractivity contribution in [3.63, 3.8) is 0 Å². The molecule has 0 spiro atoms. The number of halogens is 2. The molecule has 16 heteroatoms. The number of H-pyrrole nitrogens is 1. The molecule has 0 radical (unpaired) electrons. The van der Waals surface area contributed by atoms with Crippen molar-refractivity contribution in [2.45, 2.75) is 50.2 Å². The van der Waals surface area contributed by atoms with Crippen LogP contribution in [-0.2, 0) is 33.0 Å². The van der Waals surface area contributed by atoms with Gasteiger partial charge in [0.25, 0.3) is 21.5 Å². The molecule has 0 saturated carbocycles. The summed E-state index contributed by atoms with van der Waals surface area (Å²) in [5.74, 6) is -4.83. The third kappa shape index (κ3) is 8.64. The van der Waals surface area contributed by atoms with Gasteiger partial charge in [-0.1, -0.05) is 36.4 Å². The van der Waals surface area contributed by atoms with E-state index in [2.05, 4.69) is 20.4 Å². The number of ether oxygens (including phenoxy) is 1. The number of amidine groups is 1. The van der Waals surface area contributed by atoms with Gasteiger partial charge in [-0.3, -0.25) is 29.1 Å². The van der Waals surface area contributed by atoms with E-state index in [-0.39, 0.29) is 35.5 Å². The number of nitrogens with zero attached hydrogens (tertiary/aromatic N) is 3. The fraction of sp³-hybridized carbons (Fsp3) is 0.286. The number of anilines is 1. The third-order valence-corrected chi connectivity index (χ3v) is 9.61. The summed E-state index contributed by atoms with van der Waals surface area (Å²) < 4.78 is 65.4. The first-order valence-electron chi connectivity index (χ1n) is 15.8. The van der Waals surface area contributed by atoms with Crippen LogP contribution in [0.5, 0.6) is 0 Å². The minimum atomic E-state index is -4.38. The molecule has 13 nitrogen and oxygen atoms in total. The first-order valence-corrected chi connectivity index (χ1v) is 17.3. The van der Waals surface area contributed by atoms with E-state index in [1.54, 1.807) is 61.3 Å². The highest BCUT2D eigenvalue weighted by Gasteiger charge is 2.26. The summed E-state index contributed by atoms with van der Waals surface area (Å²) in [7, 11) is -2.69. The summed E-state index contributed by atoms with van der Waals surface area (Å²) in [6.45, 7) is 6.25. The maximum absolute atomic E-state index is 15.1. The number of nitrogens with one attached hydrogen (secondary N) is 3. The normalized spacial score (nSPS) is 15.0. The summed E-state index contributed by atoms with van der Waals surface area (Å²) in [6.07, 6.45) is 1.53. The Morgan fingerprint density at radius 2 is 1.76 bits per heavy atom. The van der Waals surface area contributed by atoms with Gasteiger partial charge in [0.05, 0.1) is 34.4 Å². The second-order valence-electron chi connectivity index (χ2n) is 12.2. The molecule has 1 aliphatic rings. The lowest BCUT2D eigenvalue weighted by atomic mass is 10.00. The van der Waals surface area contributed by atoms with Gasteiger partial charge in [0, 0.05) is 37.4 Å². The lowest BCUT2D eigenvalue weighted by Gasteiger charge is -2.17. The van der Waals surface area contributed by atoms with Crippen molar-refractivity contribution >= 4 is 39.6 Å². The number of benzene rings is 3. The maximum Gasteiger partial charge on any atom is 0.326 e. The Bertz CT molecular complexity index is 2180. The molecule has 4 aromatic rings. The zero-order valence-corrected chi connectivity index (χ0v) is 28.9. The molecule has 0 bridgehead atoms. The standard InChI is InChI=1S/C35H36F2N6O7S/c1-19(2)50-18-31-38-16-24(17-39-31)22-9-11-25(12-10-22)51(48,49)42-29-15-27(36)26(14-28(29)37)33(44)40-30(35(46)47)13-21-5-7-23(8-6-21)32-20(3)43(4)41-34(32)45/h5-12,14-16,19,24,30,42H,13,17-18H2,1-4H3,(H,40,44)(H,41,45)(H,46,47)/t24?,30-/m0/s1. The average Bonchev–Trinajstić information content (AvgIpc) is 3.35. The summed E-state index contributed by atoms with van der Waals surface area (Å²) in [4.78, 5) is 45.7. The SMILES string of the molecule is Cc1c(-c2ccc(C[C@H](NC(=O)c3cc(F)c(NS(=O)(=O)c4ccc(C5C=NC(COC(C)C)=NC5)cc4)cc3F)C(=O)O)cc2)c(=O)[nH]n1C. The highest BCUT2D eigenvalue weighted by molar-refractivity contribution is 7.92. The van der Waals surface area contributed by atoms with Crippen molar-refractivity contribution in [1.82, 2.24) is 15.1 Å². The zero-order chi connectivity index (χ0) is 37.0. The van der Waals surface area contributed by atoms with Crippen LogP contribution in [0.3, 0.4) is 0 Å². The van der Waals surface area contributed by atoms with E-state index in [4.69, 9.17) is 4.74 Å². The Hall–Kier alpha value is -5.48. The number of rotatable bonds is 13. The molecule has 1 aromatic heterocycles. The second-order valence-corrected chi connectivity index (χ2v) is 13.9. The molecule has 2 atom stereocenters. The minimum Gasteiger partial charge on any atom is -0.480 e. The molecule has 5 rings (SSSR count). The van der Waals surface area contributed by atoms with Gasteiger partial charge in [-0.15, -0.1) is 0 Å². The monoisotopic (exact) mass is 722 g/mol. The number of carbonyl (C=O) groups is 2. The van der Waals surface area contributed by atoms with Crippen LogP contribution in [0.25, 0.3) is 11.1 Å². The number of aromatic amines is 1. The summed E-state index contributed by atoms with van der Waals surface area (Å²) in [5, 5.41) is 14.6. The Balaban J connectivity index is 1.23. The fourth-order valence-electron chi connectivity index (χ4n) is 5.32. The van der Waals surface area contributed by atoms with Crippen LogP contribution in [0.4, 0.5) is 14.5 Å². The van der Waals surface area contributed by atoms with Gasteiger partial charge in [0.1, 0.15) is 30.1 Å². The number of carbonyl (C=O) groups excluding carboxylic acids is 1. The van der Waals surface area contributed by atoms with Crippen molar-refractivity contribution < 1.29 is 36.6 Å². The second kappa shape index (κ2) is 15.2. The molecule has 0 fully saturated rings. The molecule has 0 saturated heterocycles. The predicted octanol–water partition coefficient (Wildman–Crippen LogP) is 4.19.